The molecule has 1 atom stereocenters. The highest BCUT2D eigenvalue weighted by atomic mass is 16.5. The largest absolute Gasteiger partial charge is 0.497 e. The number of benzene rings is 2. The van der Waals surface area contributed by atoms with Crippen molar-refractivity contribution in [1.29, 1.82) is 0 Å². The van der Waals surface area contributed by atoms with Gasteiger partial charge in [0, 0.05) is 12.6 Å². The molecule has 6 nitrogen and oxygen atoms in total. The molecular weight excluding hydrogens is 346 g/mol. The number of methoxy groups -OCH3 is 1. The lowest BCUT2D eigenvalue weighted by atomic mass is 10.0. The van der Waals surface area contributed by atoms with Crippen LogP contribution in [0.1, 0.15) is 40.0 Å². The molecule has 1 unspecified atom stereocenters. The van der Waals surface area contributed by atoms with E-state index in [0.717, 1.165) is 22.4 Å². The first-order valence-corrected chi connectivity index (χ1v) is 8.61. The van der Waals surface area contributed by atoms with E-state index in [1.807, 2.05) is 31.2 Å². The Kier molecular flexibility index (Phi) is 6.45. The summed E-state index contributed by atoms with van der Waals surface area (Å²) >= 11 is 0. The molecule has 2 aromatic rings. The molecule has 0 aliphatic rings. The van der Waals surface area contributed by atoms with Crippen molar-refractivity contribution in [3.05, 3.63) is 58.7 Å². The summed E-state index contributed by atoms with van der Waals surface area (Å²) in [5.74, 6) is 0.110. The number of rotatable bonds is 7. The summed E-state index contributed by atoms with van der Waals surface area (Å²) in [6, 6.07) is 10.9. The topological polar surface area (TPSA) is 76.1 Å². The van der Waals surface area contributed by atoms with E-state index in [-0.39, 0.29) is 11.9 Å². The van der Waals surface area contributed by atoms with Crippen LogP contribution in [-0.2, 0) is 4.79 Å². The number of carbonyl (C=O) groups is 2. The Labute approximate surface area is 159 Å². The fourth-order valence-corrected chi connectivity index (χ4v) is 2.92. The number of carboxylic acid groups (broad SMARTS) is 1. The van der Waals surface area contributed by atoms with E-state index in [0.29, 0.717) is 11.3 Å². The van der Waals surface area contributed by atoms with Crippen molar-refractivity contribution in [2.75, 3.05) is 20.8 Å². The minimum absolute atomic E-state index is 0.116. The first-order chi connectivity index (χ1) is 12.7. The van der Waals surface area contributed by atoms with Crippen LogP contribution in [0.4, 0.5) is 0 Å². The molecule has 2 rings (SSSR count). The van der Waals surface area contributed by atoms with Gasteiger partial charge in [0.05, 0.1) is 13.2 Å². The molecule has 27 heavy (non-hydrogen) atoms. The lowest BCUT2D eigenvalue weighted by Gasteiger charge is -2.26. The second-order valence-electron chi connectivity index (χ2n) is 6.49. The zero-order valence-corrected chi connectivity index (χ0v) is 16.3. The van der Waals surface area contributed by atoms with E-state index < -0.39 is 12.6 Å². The number of nitrogens with zero attached hydrogens (tertiary/aromatic N) is 1. The lowest BCUT2D eigenvalue weighted by Crippen LogP contribution is -2.29. The third-order valence-electron chi connectivity index (χ3n) is 4.55. The summed E-state index contributed by atoms with van der Waals surface area (Å²) in [6.07, 6.45) is 0. The molecule has 0 aromatic heterocycles. The number of aryl methyl sites for hydroxylation is 2. The van der Waals surface area contributed by atoms with E-state index in [1.165, 1.54) is 0 Å². The summed E-state index contributed by atoms with van der Waals surface area (Å²) in [4.78, 5) is 25.3. The molecule has 0 aliphatic heterocycles. The maximum atomic E-state index is 12.9. The molecule has 0 saturated heterocycles. The molecular formula is C21H25NO5. The molecule has 0 spiro atoms. The summed E-state index contributed by atoms with van der Waals surface area (Å²) < 4.78 is 10.5. The maximum Gasteiger partial charge on any atom is 0.341 e. The Morgan fingerprint density at radius 3 is 2.15 bits per heavy atom. The fraction of sp³-hybridized carbons (Fsp3) is 0.333. The number of hydrogen-bond acceptors (Lipinski definition) is 4. The number of carbonyl (C=O) groups excluding carboxylic acids is 1. The summed E-state index contributed by atoms with van der Waals surface area (Å²) in [5.41, 5.74) is 2.99. The van der Waals surface area contributed by atoms with Gasteiger partial charge < -0.3 is 19.5 Å². The highest BCUT2D eigenvalue weighted by Crippen LogP contribution is 2.28. The van der Waals surface area contributed by atoms with Crippen LogP contribution in [0.15, 0.2) is 36.4 Å². The summed E-state index contributed by atoms with van der Waals surface area (Å²) in [5, 5.41) is 8.78. The van der Waals surface area contributed by atoms with E-state index in [4.69, 9.17) is 14.6 Å². The van der Waals surface area contributed by atoms with Crippen LogP contribution in [0.5, 0.6) is 11.5 Å². The van der Waals surface area contributed by atoms with Gasteiger partial charge in [-0.05, 0) is 61.7 Å². The molecule has 1 N–H and O–H groups in total. The number of amides is 1. The van der Waals surface area contributed by atoms with Crippen molar-refractivity contribution in [2.45, 2.75) is 26.8 Å². The van der Waals surface area contributed by atoms with Crippen LogP contribution in [0.25, 0.3) is 0 Å². The van der Waals surface area contributed by atoms with Gasteiger partial charge in [0.25, 0.3) is 5.91 Å². The smallest absolute Gasteiger partial charge is 0.341 e. The molecule has 0 bridgehead atoms. The third-order valence-corrected chi connectivity index (χ3v) is 4.55. The van der Waals surface area contributed by atoms with Gasteiger partial charge in [0.2, 0.25) is 0 Å². The highest BCUT2D eigenvalue weighted by molar-refractivity contribution is 5.95. The number of carboxylic acids is 1. The van der Waals surface area contributed by atoms with E-state index in [9.17, 15) is 9.59 Å². The molecule has 0 radical (unpaired) electrons. The highest BCUT2D eigenvalue weighted by Gasteiger charge is 2.21. The van der Waals surface area contributed by atoms with Crippen LogP contribution in [-0.4, -0.2) is 42.6 Å². The molecule has 0 heterocycles. The molecule has 0 aliphatic carbocycles. The second-order valence-corrected chi connectivity index (χ2v) is 6.49. The Balaban J connectivity index is 2.21. The molecule has 0 fully saturated rings. The first kappa shape index (κ1) is 20.3. The molecule has 144 valence electrons. The van der Waals surface area contributed by atoms with Crippen LogP contribution < -0.4 is 9.47 Å². The fourth-order valence-electron chi connectivity index (χ4n) is 2.92. The van der Waals surface area contributed by atoms with Gasteiger partial charge in [0.15, 0.2) is 6.61 Å². The quantitative estimate of drug-likeness (QED) is 0.805. The van der Waals surface area contributed by atoms with Crippen molar-refractivity contribution in [1.82, 2.24) is 4.90 Å². The Morgan fingerprint density at radius 1 is 1.11 bits per heavy atom. The van der Waals surface area contributed by atoms with Crippen molar-refractivity contribution >= 4 is 11.9 Å². The third kappa shape index (κ3) is 4.78. The molecule has 0 saturated carbocycles. The van der Waals surface area contributed by atoms with Gasteiger partial charge >= 0.3 is 5.97 Å². The lowest BCUT2D eigenvalue weighted by molar-refractivity contribution is -0.139. The number of hydrogen-bond donors (Lipinski definition) is 1. The predicted octanol–water partition coefficient (Wildman–Crippen LogP) is 3.61. The first-order valence-electron chi connectivity index (χ1n) is 8.61. The van der Waals surface area contributed by atoms with E-state index in [1.54, 1.807) is 45.0 Å². The van der Waals surface area contributed by atoms with Crippen molar-refractivity contribution in [2.24, 2.45) is 0 Å². The van der Waals surface area contributed by atoms with Crippen molar-refractivity contribution < 1.29 is 24.2 Å². The van der Waals surface area contributed by atoms with Crippen LogP contribution >= 0.6 is 0 Å². The monoisotopic (exact) mass is 371 g/mol. The molecule has 6 heteroatoms. The SMILES string of the molecule is COc1ccc(C(C)N(C)C(=O)c2cc(C)c(OCC(=O)O)c(C)c2)cc1. The average Bonchev–Trinajstić information content (AvgIpc) is 2.65. The minimum atomic E-state index is -1.04. The van der Waals surface area contributed by atoms with Crippen molar-refractivity contribution in [3.8, 4) is 11.5 Å². The van der Waals surface area contributed by atoms with Crippen LogP contribution in [0.3, 0.4) is 0 Å². The second kappa shape index (κ2) is 8.58. The predicted molar refractivity (Wildman–Crippen MR) is 103 cm³/mol. The van der Waals surface area contributed by atoms with Gasteiger partial charge in [-0.3, -0.25) is 4.79 Å². The summed E-state index contributed by atoms with van der Waals surface area (Å²) in [6.45, 7) is 5.15. The standard InChI is InChI=1S/C21H25NO5/c1-13-10-17(11-14(2)20(13)27-12-19(23)24)21(25)22(4)15(3)16-6-8-18(26-5)9-7-16/h6-11,15H,12H2,1-5H3,(H,23,24). The number of ether oxygens (including phenoxy) is 2. The molecule has 1 amide bonds. The van der Waals surface area contributed by atoms with E-state index >= 15 is 0 Å². The summed E-state index contributed by atoms with van der Waals surface area (Å²) in [7, 11) is 3.37. The van der Waals surface area contributed by atoms with Gasteiger partial charge in [-0.1, -0.05) is 12.1 Å². The van der Waals surface area contributed by atoms with Crippen LogP contribution in [0.2, 0.25) is 0 Å². The van der Waals surface area contributed by atoms with Crippen molar-refractivity contribution in [3.63, 3.8) is 0 Å². The Bertz CT molecular complexity index is 806. The average molecular weight is 371 g/mol. The Hall–Kier alpha value is -3.02. The van der Waals surface area contributed by atoms with Gasteiger partial charge in [-0.15, -0.1) is 0 Å². The minimum Gasteiger partial charge on any atom is -0.497 e. The van der Waals surface area contributed by atoms with Gasteiger partial charge in [0.1, 0.15) is 11.5 Å². The van der Waals surface area contributed by atoms with Crippen LogP contribution in [0, 0.1) is 13.8 Å². The molecule has 2 aromatic carbocycles. The zero-order chi connectivity index (χ0) is 20.1. The van der Waals surface area contributed by atoms with Gasteiger partial charge in [-0.25, -0.2) is 4.79 Å². The maximum absolute atomic E-state index is 12.9. The number of aliphatic carboxylic acids is 1. The normalized spacial score (nSPS) is 11.6. The van der Waals surface area contributed by atoms with E-state index in [2.05, 4.69) is 0 Å². The Morgan fingerprint density at radius 2 is 1.67 bits per heavy atom. The zero-order valence-electron chi connectivity index (χ0n) is 16.3. The van der Waals surface area contributed by atoms with Gasteiger partial charge in [-0.2, -0.15) is 0 Å².